The van der Waals surface area contributed by atoms with Gasteiger partial charge in [-0.3, -0.25) is 4.90 Å². The number of ether oxygens (including phenoxy) is 3. The minimum Gasteiger partial charge on any atom is -0.497 e. The lowest BCUT2D eigenvalue weighted by Crippen LogP contribution is -2.40. The van der Waals surface area contributed by atoms with E-state index in [9.17, 15) is 4.79 Å². The van der Waals surface area contributed by atoms with E-state index in [-0.39, 0.29) is 12.2 Å². The minimum atomic E-state index is -0.324. The number of methoxy groups -OCH3 is 2. The summed E-state index contributed by atoms with van der Waals surface area (Å²) in [5.41, 5.74) is 5.82. The first-order valence-corrected chi connectivity index (χ1v) is 9.40. The van der Waals surface area contributed by atoms with Gasteiger partial charge < -0.3 is 19.2 Å². The Hall–Kier alpha value is -2.99. The van der Waals surface area contributed by atoms with Crippen LogP contribution in [0.1, 0.15) is 39.0 Å². The molecule has 0 radical (unpaired) electrons. The number of hydrogen-bond acceptors (Lipinski definition) is 5. The van der Waals surface area contributed by atoms with Gasteiger partial charge in [-0.25, -0.2) is 4.79 Å². The fourth-order valence-corrected chi connectivity index (χ4v) is 4.46. The van der Waals surface area contributed by atoms with Crippen molar-refractivity contribution >= 4 is 16.9 Å². The third-order valence-corrected chi connectivity index (χ3v) is 5.82. The van der Waals surface area contributed by atoms with E-state index in [1.807, 2.05) is 25.1 Å². The van der Waals surface area contributed by atoms with Crippen LogP contribution in [-0.2, 0) is 17.7 Å². The van der Waals surface area contributed by atoms with Crippen molar-refractivity contribution in [2.75, 3.05) is 20.8 Å². The van der Waals surface area contributed by atoms with Gasteiger partial charge in [0.1, 0.15) is 11.5 Å². The van der Waals surface area contributed by atoms with E-state index in [4.69, 9.17) is 14.2 Å². The molecule has 1 unspecified atom stereocenters. The largest absolute Gasteiger partial charge is 0.497 e. The topological polar surface area (TPSA) is 63.8 Å². The first-order chi connectivity index (χ1) is 13.6. The molecule has 1 atom stereocenters. The standard InChI is InChI=1S/C22H22N2O4/c1-12-19(22(25)27-3)20-16-11-24-9-8-13-10-14(26-2)4-5-15(13)21(24)28-18(16)7-6-17(20)23-12/h4-7,10,21,23H,8-9,11H2,1-3H3. The molecule has 3 heterocycles. The zero-order chi connectivity index (χ0) is 19.4. The van der Waals surface area contributed by atoms with Gasteiger partial charge in [0.15, 0.2) is 6.23 Å². The zero-order valence-electron chi connectivity index (χ0n) is 16.2. The molecule has 1 N–H and O–H groups in total. The van der Waals surface area contributed by atoms with Crippen molar-refractivity contribution in [2.45, 2.75) is 26.1 Å². The fourth-order valence-electron chi connectivity index (χ4n) is 4.46. The molecule has 6 nitrogen and oxygen atoms in total. The van der Waals surface area contributed by atoms with Crippen molar-refractivity contribution in [2.24, 2.45) is 0 Å². The van der Waals surface area contributed by atoms with Crippen LogP contribution < -0.4 is 9.47 Å². The smallest absolute Gasteiger partial charge is 0.340 e. The Labute approximate surface area is 163 Å². The summed E-state index contributed by atoms with van der Waals surface area (Å²) in [5.74, 6) is 1.37. The number of aromatic nitrogens is 1. The Morgan fingerprint density at radius 1 is 1.25 bits per heavy atom. The minimum absolute atomic E-state index is 0.124. The molecule has 3 aromatic rings. The van der Waals surface area contributed by atoms with Crippen LogP contribution >= 0.6 is 0 Å². The van der Waals surface area contributed by atoms with Gasteiger partial charge in [0.05, 0.1) is 19.8 Å². The summed E-state index contributed by atoms with van der Waals surface area (Å²) in [4.78, 5) is 18.0. The number of aromatic amines is 1. The number of aryl methyl sites for hydroxylation is 1. The maximum Gasteiger partial charge on any atom is 0.340 e. The van der Waals surface area contributed by atoms with Gasteiger partial charge in [-0.15, -0.1) is 0 Å². The van der Waals surface area contributed by atoms with Crippen molar-refractivity contribution in [1.82, 2.24) is 9.88 Å². The summed E-state index contributed by atoms with van der Waals surface area (Å²) >= 11 is 0. The summed E-state index contributed by atoms with van der Waals surface area (Å²) in [7, 11) is 3.10. The van der Waals surface area contributed by atoms with E-state index in [1.54, 1.807) is 7.11 Å². The zero-order valence-corrected chi connectivity index (χ0v) is 16.2. The van der Waals surface area contributed by atoms with Crippen molar-refractivity contribution in [3.63, 3.8) is 0 Å². The van der Waals surface area contributed by atoms with E-state index in [0.29, 0.717) is 5.56 Å². The third kappa shape index (κ3) is 2.41. The van der Waals surface area contributed by atoms with Crippen LogP contribution in [0, 0.1) is 6.92 Å². The highest BCUT2D eigenvalue weighted by atomic mass is 16.5. The van der Waals surface area contributed by atoms with E-state index < -0.39 is 0 Å². The molecule has 0 saturated carbocycles. The lowest BCUT2D eigenvalue weighted by molar-refractivity contribution is -0.00960. The maximum atomic E-state index is 12.4. The van der Waals surface area contributed by atoms with Crippen LogP contribution in [0.5, 0.6) is 11.5 Å². The second-order valence-electron chi connectivity index (χ2n) is 7.34. The van der Waals surface area contributed by atoms with E-state index >= 15 is 0 Å². The number of nitrogens with zero attached hydrogens (tertiary/aromatic N) is 1. The number of fused-ring (bicyclic) bond motifs is 6. The first-order valence-electron chi connectivity index (χ1n) is 9.40. The van der Waals surface area contributed by atoms with Gasteiger partial charge in [0, 0.05) is 40.8 Å². The number of benzene rings is 2. The number of hydrogen-bond donors (Lipinski definition) is 1. The van der Waals surface area contributed by atoms with E-state index in [2.05, 4.69) is 22.0 Å². The molecule has 2 aromatic carbocycles. The van der Waals surface area contributed by atoms with Crippen LogP contribution in [0.2, 0.25) is 0 Å². The number of esters is 1. The van der Waals surface area contributed by atoms with E-state index in [0.717, 1.165) is 53.2 Å². The molecule has 0 bridgehead atoms. The number of nitrogens with one attached hydrogen (secondary N) is 1. The third-order valence-electron chi connectivity index (χ3n) is 5.82. The molecule has 0 aliphatic carbocycles. The summed E-state index contributed by atoms with van der Waals surface area (Å²) in [6, 6.07) is 10.1. The van der Waals surface area contributed by atoms with Gasteiger partial charge in [0.25, 0.3) is 0 Å². The average molecular weight is 378 g/mol. The molecule has 6 heteroatoms. The Morgan fingerprint density at radius 2 is 2.11 bits per heavy atom. The molecular formula is C22H22N2O4. The van der Waals surface area contributed by atoms with Gasteiger partial charge in [-0.05, 0) is 49.2 Å². The number of carbonyl (C=O) groups is 1. The number of H-pyrrole nitrogens is 1. The molecule has 2 aliphatic heterocycles. The summed E-state index contributed by atoms with van der Waals surface area (Å²) in [5, 5.41) is 0.904. The van der Waals surface area contributed by atoms with Gasteiger partial charge in [-0.2, -0.15) is 0 Å². The van der Waals surface area contributed by atoms with Gasteiger partial charge >= 0.3 is 5.97 Å². The number of rotatable bonds is 2. The van der Waals surface area contributed by atoms with Crippen molar-refractivity contribution < 1.29 is 19.0 Å². The lowest BCUT2D eigenvalue weighted by atomic mass is 9.94. The Morgan fingerprint density at radius 3 is 2.89 bits per heavy atom. The van der Waals surface area contributed by atoms with Gasteiger partial charge in [-0.1, -0.05) is 0 Å². The SMILES string of the molecule is COC(=O)c1c(C)[nH]c2ccc3c(c12)CN1CCc2cc(OC)ccc2C1O3. The summed E-state index contributed by atoms with van der Waals surface area (Å²) < 4.78 is 16.8. The fraction of sp³-hybridized carbons (Fsp3) is 0.318. The summed E-state index contributed by atoms with van der Waals surface area (Å²) in [6.45, 7) is 3.51. The van der Waals surface area contributed by atoms with Crippen LogP contribution in [0.25, 0.3) is 10.9 Å². The van der Waals surface area contributed by atoms with Crippen LogP contribution in [0.15, 0.2) is 30.3 Å². The average Bonchev–Trinajstić information content (AvgIpc) is 3.07. The predicted molar refractivity (Wildman–Crippen MR) is 105 cm³/mol. The Bertz CT molecular complexity index is 1100. The highest BCUT2D eigenvalue weighted by Gasteiger charge is 2.35. The molecular weight excluding hydrogens is 356 g/mol. The maximum absolute atomic E-state index is 12.4. The van der Waals surface area contributed by atoms with Crippen LogP contribution in [0.3, 0.4) is 0 Å². The molecule has 144 valence electrons. The quantitative estimate of drug-likeness (QED) is 0.689. The van der Waals surface area contributed by atoms with Gasteiger partial charge in [0.2, 0.25) is 0 Å². The molecule has 28 heavy (non-hydrogen) atoms. The first kappa shape index (κ1) is 17.1. The second kappa shape index (κ2) is 6.27. The Kier molecular flexibility index (Phi) is 3.84. The van der Waals surface area contributed by atoms with Crippen molar-refractivity contribution in [3.8, 4) is 11.5 Å². The molecule has 0 fully saturated rings. The molecule has 0 saturated heterocycles. The van der Waals surface area contributed by atoms with Crippen LogP contribution in [-0.4, -0.2) is 36.6 Å². The monoisotopic (exact) mass is 378 g/mol. The molecule has 0 amide bonds. The second-order valence-corrected chi connectivity index (χ2v) is 7.34. The van der Waals surface area contributed by atoms with Crippen molar-refractivity contribution in [3.05, 3.63) is 58.3 Å². The normalized spacial score (nSPS) is 18.0. The molecule has 5 rings (SSSR count). The Balaban J connectivity index is 1.62. The highest BCUT2D eigenvalue weighted by Crippen LogP contribution is 2.43. The van der Waals surface area contributed by atoms with Crippen molar-refractivity contribution in [1.29, 1.82) is 0 Å². The molecule has 0 spiro atoms. The molecule has 2 aliphatic rings. The van der Waals surface area contributed by atoms with E-state index in [1.165, 1.54) is 18.2 Å². The lowest BCUT2D eigenvalue weighted by Gasteiger charge is -2.41. The summed E-state index contributed by atoms with van der Waals surface area (Å²) in [6.07, 6.45) is 0.814. The van der Waals surface area contributed by atoms with Crippen LogP contribution in [0.4, 0.5) is 0 Å². The number of carbonyl (C=O) groups excluding carboxylic acids is 1. The molecule has 1 aromatic heterocycles. The predicted octanol–water partition coefficient (Wildman–Crippen LogP) is 3.72. The highest BCUT2D eigenvalue weighted by molar-refractivity contribution is 6.07.